The summed E-state index contributed by atoms with van der Waals surface area (Å²) in [5, 5.41) is 0. The molecule has 1 N–H and O–H groups in total. The van der Waals surface area contributed by atoms with E-state index in [-0.39, 0.29) is 17.0 Å². The molecule has 46 valence electrons. The van der Waals surface area contributed by atoms with Crippen LogP contribution in [-0.2, 0) is 14.6 Å². The lowest BCUT2D eigenvalue weighted by Crippen LogP contribution is -1.96. The van der Waals surface area contributed by atoms with Gasteiger partial charge in [0.05, 0.1) is 7.11 Å². The van der Waals surface area contributed by atoms with E-state index in [1.54, 1.807) is 0 Å². The Bertz CT molecular complexity index is 114. The third kappa shape index (κ3) is 10.7. The highest BCUT2D eigenvalue weighted by atomic mass is 79.9. The lowest BCUT2D eigenvalue weighted by Gasteiger charge is -1.82. The van der Waals surface area contributed by atoms with Crippen molar-refractivity contribution in [1.29, 1.82) is 0 Å². The van der Waals surface area contributed by atoms with Gasteiger partial charge in [-0.05, 0) is 0 Å². The molecule has 0 saturated carbocycles. The molecule has 0 aliphatic rings. The second-order valence-electron chi connectivity index (χ2n) is 0.594. The Kier molecular flexibility index (Phi) is 4.98. The summed E-state index contributed by atoms with van der Waals surface area (Å²) in [5.41, 5.74) is 0. The Balaban J connectivity index is 0. The molecular formula is CH5BrO4S. The summed E-state index contributed by atoms with van der Waals surface area (Å²) in [4.78, 5) is 0. The summed E-state index contributed by atoms with van der Waals surface area (Å²) in [6, 6.07) is 0. The second kappa shape index (κ2) is 3.36. The highest BCUT2D eigenvalue weighted by Gasteiger charge is 1.93. The average molecular weight is 193 g/mol. The molecule has 0 aliphatic carbocycles. The number of rotatable bonds is 1. The van der Waals surface area contributed by atoms with Gasteiger partial charge in [-0.1, -0.05) is 0 Å². The van der Waals surface area contributed by atoms with Crippen molar-refractivity contribution in [2.45, 2.75) is 0 Å². The molecule has 0 saturated heterocycles. The van der Waals surface area contributed by atoms with Crippen molar-refractivity contribution in [3.05, 3.63) is 0 Å². The van der Waals surface area contributed by atoms with Gasteiger partial charge >= 0.3 is 10.4 Å². The van der Waals surface area contributed by atoms with E-state index in [9.17, 15) is 8.42 Å². The topological polar surface area (TPSA) is 63.6 Å². The van der Waals surface area contributed by atoms with E-state index in [1.165, 1.54) is 0 Å². The molecule has 4 nitrogen and oxygen atoms in total. The van der Waals surface area contributed by atoms with Crippen molar-refractivity contribution < 1.29 is 17.2 Å². The first-order valence-corrected chi connectivity index (χ1v) is 2.46. The molecule has 0 unspecified atom stereocenters. The van der Waals surface area contributed by atoms with E-state index in [4.69, 9.17) is 4.55 Å². The maximum absolute atomic E-state index is 9.33. The third-order valence-electron chi connectivity index (χ3n) is 0.211. The zero-order valence-electron chi connectivity index (χ0n) is 3.49. The second-order valence-corrected chi connectivity index (χ2v) is 1.78. The minimum Gasteiger partial charge on any atom is -0.264 e. The van der Waals surface area contributed by atoms with Crippen molar-refractivity contribution >= 4 is 27.4 Å². The fourth-order valence-electron chi connectivity index (χ4n) is 0. The van der Waals surface area contributed by atoms with Crippen molar-refractivity contribution in [2.75, 3.05) is 7.11 Å². The van der Waals surface area contributed by atoms with E-state index in [2.05, 4.69) is 4.18 Å². The van der Waals surface area contributed by atoms with Crippen LogP contribution in [0.25, 0.3) is 0 Å². The molecule has 0 heterocycles. The van der Waals surface area contributed by atoms with Gasteiger partial charge in [0, 0.05) is 0 Å². The van der Waals surface area contributed by atoms with Gasteiger partial charge in [0.25, 0.3) is 0 Å². The molecule has 7 heavy (non-hydrogen) atoms. The normalized spacial score (nSPS) is 10.0. The zero-order valence-corrected chi connectivity index (χ0v) is 6.02. The molecule has 0 aromatic heterocycles. The number of hydrogen-bond donors (Lipinski definition) is 1. The van der Waals surface area contributed by atoms with Crippen LogP contribution in [0.15, 0.2) is 0 Å². The van der Waals surface area contributed by atoms with Gasteiger partial charge in [0.2, 0.25) is 0 Å². The van der Waals surface area contributed by atoms with Gasteiger partial charge in [-0.25, -0.2) is 0 Å². The maximum atomic E-state index is 9.33. The summed E-state index contributed by atoms with van der Waals surface area (Å²) in [6.07, 6.45) is 0. The molecule has 0 spiro atoms. The Morgan fingerprint density at radius 1 is 1.57 bits per heavy atom. The molecule has 0 amide bonds. The summed E-state index contributed by atoms with van der Waals surface area (Å²) in [7, 11) is -3.29. The van der Waals surface area contributed by atoms with Gasteiger partial charge in [0.1, 0.15) is 0 Å². The fraction of sp³-hybridized carbons (Fsp3) is 1.00. The molecular weight excluding hydrogens is 188 g/mol. The van der Waals surface area contributed by atoms with Crippen molar-refractivity contribution in [3.63, 3.8) is 0 Å². The maximum Gasteiger partial charge on any atom is 0.397 e. The van der Waals surface area contributed by atoms with Crippen LogP contribution in [0.1, 0.15) is 0 Å². The SMILES string of the molecule is Br.COS(=O)(=O)O. The third-order valence-corrected chi connectivity index (χ3v) is 0.632. The van der Waals surface area contributed by atoms with Gasteiger partial charge in [-0.15, -0.1) is 17.0 Å². The molecule has 0 aromatic rings. The predicted molar refractivity (Wildman–Crippen MR) is 28.9 cm³/mol. The van der Waals surface area contributed by atoms with Crippen LogP contribution in [0, 0.1) is 0 Å². The van der Waals surface area contributed by atoms with E-state index in [1.807, 2.05) is 0 Å². The lowest BCUT2D eigenvalue weighted by molar-refractivity contribution is 0.324. The Morgan fingerprint density at radius 2 is 1.71 bits per heavy atom. The van der Waals surface area contributed by atoms with Gasteiger partial charge in [-0.2, -0.15) is 8.42 Å². The van der Waals surface area contributed by atoms with E-state index < -0.39 is 10.4 Å². The first kappa shape index (κ1) is 10.4. The van der Waals surface area contributed by atoms with Crippen LogP contribution in [-0.4, -0.2) is 20.1 Å². The van der Waals surface area contributed by atoms with Crippen molar-refractivity contribution in [3.8, 4) is 0 Å². The zero-order chi connectivity index (χ0) is 5.21. The molecule has 0 atom stereocenters. The summed E-state index contributed by atoms with van der Waals surface area (Å²) in [5.74, 6) is 0. The lowest BCUT2D eigenvalue weighted by atomic mass is 11.8. The molecule has 0 aliphatic heterocycles. The molecule has 0 rings (SSSR count). The number of halogens is 1. The van der Waals surface area contributed by atoms with Gasteiger partial charge in [0.15, 0.2) is 0 Å². The Morgan fingerprint density at radius 3 is 1.71 bits per heavy atom. The fourth-order valence-corrected chi connectivity index (χ4v) is 0. The van der Waals surface area contributed by atoms with Crippen LogP contribution in [0.3, 0.4) is 0 Å². The summed E-state index contributed by atoms with van der Waals surface area (Å²) < 4.78 is 29.7. The van der Waals surface area contributed by atoms with Crippen LogP contribution in [0.4, 0.5) is 0 Å². The first-order chi connectivity index (χ1) is 2.56. The molecule has 0 radical (unpaired) electrons. The van der Waals surface area contributed by atoms with Gasteiger partial charge < -0.3 is 0 Å². The quantitative estimate of drug-likeness (QED) is 0.596. The summed E-state index contributed by atoms with van der Waals surface area (Å²) >= 11 is 0. The molecule has 0 aromatic carbocycles. The molecule has 0 fully saturated rings. The van der Waals surface area contributed by atoms with Crippen LogP contribution >= 0.6 is 17.0 Å². The molecule has 0 bridgehead atoms. The molecule has 6 heteroatoms. The average Bonchev–Trinajstić information content (AvgIpc) is 1.35. The van der Waals surface area contributed by atoms with Crippen molar-refractivity contribution in [1.82, 2.24) is 0 Å². The number of hydrogen-bond acceptors (Lipinski definition) is 3. The van der Waals surface area contributed by atoms with E-state index in [0.717, 1.165) is 7.11 Å². The largest absolute Gasteiger partial charge is 0.397 e. The van der Waals surface area contributed by atoms with Crippen LogP contribution in [0.2, 0.25) is 0 Å². The van der Waals surface area contributed by atoms with Crippen LogP contribution < -0.4 is 0 Å². The standard InChI is InChI=1S/CH4O4S.BrH/c1-5-6(2,3)4;/h1H3,(H,2,3,4);1H. The minimum absolute atomic E-state index is 0. The highest BCUT2D eigenvalue weighted by molar-refractivity contribution is 8.93. The van der Waals surface area contributed by atoms with Gasteiger partial charge in [-0.3, -0.25) is 8.74 Å². The summed E-state index contributed by atoms with van der Waals surface area (Å²) in [6.45, 7) is 0. The van der Waals surface area contributed by atoms with E-state index >= 15 is 0 Å². The first-order valence-electron chi connectivity index (χ1n) is 1.09. The minimum atomic E-state index is -4.16. The smallest absolute Gasteiger partial charge is 0.264 e. The predicted octanol–water partition coefficient (Wildman–Crippen LogP) is 0.0135. The Labute approximate surface area is 52.2 Å². The van der Waals surface area contributed by atoms with Crippen molar-refractivity contribution in [2.24, 2.45) is 0 Å². The monoisotopic (exact) mass is 192 g/mol. The van der Waals surface area contributed by atoms with E-state index in [0.29, 0.717) is 0 Å². The Hall–Kier alpha value is 0.350. The van der Waals surface area contributed by atoms with Crippen LogP contribution in [0.5, 0.6) is 0 Å². The highest BCUT2D eigenvalue weighted by Crippen LogP contribution is 1.74.